The maximum absolute atomic E-state index is 11.6. The zero-order chi connectivity index (χ0) is 13.8. The van der Waals surface area contributed by atoms with Gasteiger partial charge >= 0.3 is 0 Å². The number of sulfonamides is 1. The van der Waals surface area contributed by atoms with Crippen LogP contribution in [0.25, 0.3) is 0 Å². The molecule has 18 heavy (non-hydrogen) atoms. The number of carbonyl (C=O) groups excluding carboxylic acids is 1. The van der Waals surface area contributed by atoms with Gasteiger partial charge in [-0.05, 0) is 24.6 Å². The molecule has 1 unspecified atom stereocenters. The van der Waals surface area contributed by atoms with E-state index >= 15 is 0 Å². The van der Waals surface area contributed by atoms with E-state index in [0.29, 0.717) is 12.1 Å². The Kier molecular flexibility index (Phi) is 4.60. The summed E-state index contributed by atoms with van der Waals surface area (Å²) >= 11 is 0. The highest BCUT2D eigenvalue weighted by molar-refractivity contribution is 7.89. The van der Waals surface area contributed by atoms with Crippen molar-refractivity contribution in [2.45, 2.75) is 17.4 Å². The molecule has 0 saturated carbocycles. The number of anilines is 1. The number of benzene rings is 1. The van der Waals surface area contributed by atoms with Gasteiger partial charge in [-0.15, -0.1) is 6.58 Å². The van der Waals surface area contributed by atoms with Crippen LogP contribution in [0.15, 0.2) is 41.8 Å². The molecule has 1 aromatic rings. The van der Waals surface area contributed by atoms with Gasteiger partial charge in [0.05, 0.1) is 10.9 Å². The molecule has 6 nitrogen and oxygen atoms in total. The lowest BCUT2D eigenvalue weighted by atomic mass is 10.2. The van der Waals surface area contributed by atoms with Crippen molar-refractivity contribution >= 4 is 21.6 Å². The third kappa shape index (κ3) is 3.95. The predicted octanol–water partition coefficient (Wildman–Crippen LogP) is 0.176. The smallest absolute Gasteiger partial charge is 0.241 e. The molecule has 0 aliphatic heterocycles. The largest absolute Gasteiger partial charge is 0.325 e. The normalized spacial score (nSPS) is 12.8. The predicted molar refractivity (Wildman–Crippen MR) is 69.2 cm³/mol. The molecular formula is C11H15N3O3S. The molecule has 98 valence electrons. The summed E-state index contributed by atoms with van der Waals surface area (Å²) in [7, 11) is -3.79. The maximum atomic E-state index is 11.6. The lowest BCUT2D eigenvalue weighted by Crippen LogP contribution is -2.35. The fourth-order valence-corrected chi connectivity index (χ4v) is 1.83. The summed E-state index contributed by atoms with van der Waals surface area (Å²) in [4.78, 5) is 11.5. The van der Waals surface area contributed by atoms with Crippen LogP contribution in [0.2, 0.25) is 0 Å². The zero-order valence-corrected chi connectivity index (χ0v) is 10.5. The summed E-state index contributed by atoms with van der Waals surface area (Å²) in [5.41, 5.74) is 5.90. The Balaban J connectivity index is 2.86. The van der Waals surface area contributed by atoms with Crippen molar-refractivity contribution < 1.29 is 13.2 Å². The Morgan fingerprint density at radius 2 is 2.17 bits per heavy atom. The molecule has 0 aliphatic carbocycles. The van der Waals surface area contributed by atoms with Crippen LogP contribution in [0, 0.1) is 0 Å². The van der Waals surface area contributed by atoms with Crippen LogP contribution in [-0.4, -0.2) is 20.4 Å². The van der Waals surface area contributed by atoms with Gasteiger partial charge in [0.25, 0.3) is 0 Å². The average Bonchev–Trinajstić information content (AvgIpc) is 2.28. The van der Waals surface area contributed by atoms with Gasteiger partial charge < -0.3 is 11.1 Å². The summed E-state index contributed by atoms with van der Waals surface area (Å²) in [6, 6.07) is 4.92. The molecule has 0 heterocycles. The lowest BCUT2D eigenvalue weighted by molar-refractivity contribution is -0.117. The fourth-order valence-electron chi connectivity index (χ4n) is 1.27. The average molecular weight is 269 g/mol. The molecule has 0 fully saturated rings. The molecule has 1 amide bonds. The van der Waals surface area contributed by atoms with Crippen LogP contribution in [0.3, 0.4) is 0 Å². The van der Waals surface area contributed by atoms with Crippen LogP contribution in [0.5, 0.6) is 0 Å². The number of nitrogens with two attached hydrogens (primary N) is 2. The minimum Gasteiger partial charge on any atom is -0.325 e. The highest BCUT2D eigenvalue weighted by Gasteiger charge is 2.13. The number of carbonyl (C=O) groups is 1. The topological polar surface area (TPSA) is 115 Å². The lowest BCUT2D eigenvalue weighted by Gasteiger charge is -2.10. The number of hydrogen-bond donors (Lipinski definition) is 3. The molecule has 5 N–H and O–H groups in total. The molecule has 7 heteroatoms. The van der Waals surface area contributed by atoms with Gasteiger partial charge in [0.1, 0.15) is 0 Å². The Morgan fingerprint density at radius 1 is 1.50 bits per heavy atom. The van der Waals surface area contributed by atoms with E-state index in [2.05, 4.69) is 11.9 Å². The Hall–Kier alpha value is -1.70. The molecule has 1 atom stereocenters. The van der Waals surface area contributed by atoms with Crippen molar-refractivity contribution in [3.05, 3.63) is 36.9 Å². The first kappa shape index (κ1) is 14.4. The quantitative estimate of drug-likeness (QED) is 0.661. The van der Waals surface area contributed by atoms with E-state index in [0.717, 1.165) is 0 Å². The van der Waals surface area contributed by atoms with Crippen LogP contribution in [0.4, 0.5) is 5.69 Å². The van der Waals surface area contributed by atoms with Crippen LogP contribution >= 0.6 is 0 Å². The maximum Gasteiger partial charge on any atom is 0.241 e. The second-order valence-corrected chi connectivity index (χ2v) is 5.25. The Morgan fingerprint density at radius 3 is 2.72 bits per heavy atom. The molecule has 0 radical (unpaired) electrons. The Labute approximate surface area is 106 Å². The SMILES string of the molecule is C=CCC(N)C(=O)Nc1cccc(S(N)(=O)=O)c1. The molecule has 1 aromatic carbocycles. The monoisotopic (exact) mass is 269 g/mol. The molecule has 0 bridgehead atoms. The van der Waals surface area contributed by atoms with Gasteiger partial charge in [-0.2, -0.15) is 0 Å². The Bertz CT molecular complexity index is 554. The van der Waals surface area contributed by atoms with Gasteiger partial charge in [0, 0.05) is 5.69 Å². The first-order valence-electron chi connectivity index (χ1n) is 5.15. The molecule has 0 aliphatic rings. The van der Waals surface area contributed by atoms with E-state index in [1.165, 1.54) is 24.3 Å². The van der Waals surface area contributed by atoms with Gasteiger partial charge in [0.15, 0.2) is 0 Å². The zero-order valence-electron chi connectivity index (χ0n) is 9.67. The van der Waals surface area contributed by atoms with E-state index < -0.39 is 22.0 Å². The standard InChI is InChI=1S/C11H15N3O3S/c1-2-4-10(12)11(15)14-8-5-3-6-9(7-8)18(13,16)17/h2-3,5-7,10H,1,4,12H2,(H,14,15)(H2,13,16,17). The van der Waals surface area contributed by atoms with Crippen molar-refractivity contribution in [2.75, 3.05) is 5.32 Å². The van der Waals surface area contributed by atoms with E-state index in [1.807, 2.05) is 0 Å². The van der Waals surface area contributed by atoms with Crippen LogP contribution in [0.1, 0.15) is 6.42 Å². The molecular weight excluding hydrogens is 254 g/mol. The van der Waals surface area contributed by atoms with Crippen LogP contribution < -0.4 is 16.2 Å². The number of nitrogens with one attached hydrogen (secondary N) is 1. The van der Waals surface area contributed by atoms with E-state index in [-0.39, 0.29) is 4.90 Å². The van der Waals surface area contributed by atoms with E-state index in [9.17, 15) is 13.2 Å². The molecule has 0 saturated heterocycles. The van der Waals surface area contributed by atoms with Crippen LogP contribution in [-0.2, 0) is 14.8 Å². The molecule has 0 aromatic heterocycles. The number of primary sulfonamides is 1. The third-order valence-corrected chi connectivity index (χ3v) is 3.10. The molecule has 1 rings (SSSR count). The van der Waals surface area contributed by atoms with Gasteiger partial charge in [-0.25, -0.2) is 13.6 Å². The second kappa shape index (κ2) is 5.76. The van der Waals surface area contributed by atoms with Crippen molar-refractivity contribution in [1.29, 1.82) is 0 Å². The van der Waals surface area contributed by atoms with Crippen molar-refractivity contribution in [3.8, 4) is 0 Å². The number of amides is 1. The number of hydrogen-bond acceptors (Lipinski definition) is 4. The fraction of sp³-hybridized carbons (Fsp3) is 0.182. The minimum atomic E-state index is -3.79. The van der Waals surface area contributed by atoms with E-state index in [4.69, 9.17) is 10.9 Å². The summed E-state index contributed by atoms with van der Waals surface area (Å²) in [5, 5.41) is 7.49. The summed E-state index contributed by atoms with van der Waals surface area (Å²) in [6.45, 7) is 3.48. The van der Waals surface area contributed by atoms with Gasteiger partial charge in [0.2, 0.25) is 15.9 Å². The first-order chi connectivity index (χ1) is 8.34. The second-order valence-electron chi connectivity index (χ2n) is 3.69. The summed E-state index contributed by atoms with van der Waals surface area (Å²) in [5.74, 6) is -0.415. The van der Waals surface area contributed by atoms with Gasteiger partial charge in [-0.1, -0.05) is 12.1 Å². The van der Waals surface area contributed by atoms with Crippen molar-refractivity contribution in [3.63, 3.8) is 0 Å². The summed E-state index contributed by atoms with van der Waals surface area (Å²) in [6.07, 6.45) is 1.87. The number of rotatable bonds is 5. The molecule has 0 spiro atoms. The summed E-state index contributed by atoms with van der Waals surface area (Å²) < 4.78 is 22.3. The highest BCUT2D eigenvalue weighted by atomic mass is 32.2. The van der Waals surface area contributed by atoms with E-state index in [1.54, 1.807) is 6.07 Å². The van der Waals surface area contributed by atoms with Crippen molar-refractivity contribution in [2.24, 2.45) is 10.9 Å². The first-order valence-corrected chi connectivity index (χ1v) is 6.69. The third-order valence-electron chi connectivity index (χ3n) is 2.19. The minimum absolute atomic E-state index is 0.0717. The van der Waals surface area contributed by atoms with Gasteiger partial charge in [-0.3, -0.25) is 4.79 Å². The highest BCUT2D eigenvalue weighted by Crippen LogP contribution is 2.14. The van der Waals surface area contributed by atoms with Crippen molar-refractivity contribution in [1.82, 2.24) is 0 Å².